The summed E-state index contributed by atoms with van der Waals surface area (Å²) in [4.78, 5) is 21.9. The number of rotatable bonds is 9. The van der Waals surface area contributed by atoms with Crippen molar-refractivity contribution in [3.63, 3.8) is 0 Å². The Morgan fingerprint density at radius 3 is 2.29 bits per heavy atom. The van der Waals surface area contributed by atoms with Crippen LogP contribution in [0.5, 0.6) is 0 Å². The van der Waals surface area contributed by atoms with E-state index in [9.17, 15) is 9.59 Å². The number of unbranched alkanes of at least 4 members (excludes halogenated alkanes) is 1. The highest BCUT2D eigenvalue weighted by molar-refractivity contribution is 5.77. The quantitative estimate of drug-likeness (QED) is 0.611. The summed E-state index contributed by atoms with van der Waals surface area (Å²) in [7, 11) is 0. The SMILES string of the molecule is CC(C)CCCCNC(=O)CC(C)CC(=O)O. The molecule has 0 heterocycles. The standard InChI is InChI=1S/C13H25NO3/c1-10(2)6-4-5-7-14-12(15)8-11(3)9-13(16)17/h10-11H,4-9H2,1-3H3,(H,14,15)(H,16,17). The molecule has 17 heavy (non-hydrogen) atoms. The first-order chi connectivity index (χ1) is 7.91. The Morgan fingerprint density at radius 1 is 1.12 bits per heavy atom. The number of amides is 1. The lowest BCUT2D eigenvalue weighted by molar-refractivity contribution is -0.138. The van der Waals surface area contributed by atoms with Crippen molar-refractivity contribution in [3.05, 3.63) is 0 Å². The van der Waals surface area contributed by atoms with Crippen LogP contribution in [0.1, 0.15) is 52.9 Å². The lowest BCUT2D eigenvalue weighted by atomic mass is 10.0. The summed E-state index contributed by atoms with van der Waals surface area (Å²) < 4.78 is 0. The van der Waals surface area contributed by atoms with Crippen molar-refractivity contribution in [1.82, 2.24) is 5.32 Å². The van der Waals surface area contributed by atoms with E-state index in [1.165, 1.54) is 6.42 Å². The number of hydrogen-bond donors (Lipinski definition) is 2. The second-order valence-corrected chi connectivity index (χ2v) is 5.15. The smallest absolute Gasteiger partial charge is 0.303 e. The monoisotopic (exact) mass is 243 g/mol. The van der Waals surface area contributed by atoms with Gasteiger partial charge in [-0.15, -0.1) is 0 Å². The molecule has 100 valence electrons. The van der Waals surface area contributed by atoms with Gasteiger partial charge in [-0.1, -0.05) is 33.6 Å². The second kappa shape index (κ2) is 9.02. The van der Waals surface area contributed by atoms with Crippen molar-refractivity contribution < 1.29 is 14.7 Å². The molecule has 0 aliphatic carbocycles. The van der Waals surface area contributed by atoms with Gasteiger partial charge in [0.25, 0.3) is 0 Å². The zero-order valence-corrected chi connectivity index (χ0v) is 11.2. The van der Waals surface area contributed by atoms with E-state index in [2.05, 4.69) is 19.2 Å². The number of hydrogen-bond acceptors (Lipinski definition) is 2. The van der Waals surface area contributed by atoms with E-state index < -0.39 is 5.97 Å². The van der Waals surface area contributed by atoms with Gasteiger partial charge in [0, 0.05) is 19.4 Å². The Hall–Kier alpha value is -1.06. The number of carbonyl (C=O) groups excluding carboxylic acids is 1. The van der Waals surface area contributed by atoms with E-state index in [0.717, 1.165) is 12.8 Å². The molecule has 0 aromatic carbocycles. The van der Waals surface area contributed by atoms with Crippen molar-refractivity contribution in [2.45, 2.75) is 52.9 Å². The third kappa shape index (κ3) is 11.2. The van der Waals surface area contributed by atoms with Gasteiger partial charge in [-0.2, -0.15) is 0 Å². The van der Waals surface area contributed by atoms with E-state index in [0.29, 0.717) is 18.9 Å². The highest BCUT2D eigenvalue weighted by Gasteiger charge is 2.11. The summed E-state index contributed by atoms with van der Waals surface area (Å²) >= 11 is 0. The lowest BCUT2D eigenvalue weighted by Gasteiger charge is -2.09. The molecule has 0 aliphatic heterocycles. The first-order valence-corrected chi connectivity index (χ1v) is 6.40. The largest absolute Gasteiger partial charge is 0.481 e. The molecule has 0 aromatic heterocycles. The number of nitrogens with one attached hydrogen (secondary N) is 1. The molecule has 0 saturated carbocycles. The fourth-order valence-corrected chi connectivity index (χ4v) is 1.66. The van der Waals surface area contributed by atoms with E-state index in [1.54, 1.807) is 6.92 Å². The fourth-order valence-electron chi connectivity index (χ4n) is 1.66. The molecule has 0 radical (unpaired) electrons. The third-order valence-electron chi connectivity index (χ3n) is 2.59. The van der Waals surface area contributed by atoms with Crippen LogP contribution >= 0.6 is 0 Å². The van der Waals surface area contributed by atoms with E-state index in [-0.39, 0.29) is 18.2 Å². The summed E-state index contributed by atoms with van der Waals surface area (Å²) in [6.07, 6.45) is 3.67. The first-order valence-electron chi connectivity index (χ1n) is 6.40. The molecule has 1 atom stereocenters. The van der Waals surface area contributed by atoms with Crippen molar-refractivity contribution in [1.29, 1.82) is 0 Å². The molecule has 0 aromatic rings. The molecule has 0 bridgehead atoms. The van der Waals surface area contributed by atoms with Crippen molar-refractivity contribution >= 4 is 11.9 Å². The van der Waals surface area contributed by atoms with Crippen LogP contribution in [0.15, 0.2) is 0 Å². The minimum Gasteiger partial charge on any atom is -0.481 e. The van der Waals surface area contributed by atoms with Gasteiger partial charge in [0.1, 0.15) is 0 Å². The van der Waals surface area contributed by atoms with Gasteiger partial charge in [-0.3, -0.25) is 9.59 Å². The maximum atomic E-state index is 11.4. The Labute approximate surface area is 104 Å². The summed E-state index contributed by atoms with van der Waals surface area (Å²) in [6.45, 7) is 6.86. The van der Waals surface area contributed by atoms with Gasteiger partial charge in [0.2, 0.25) is 5.91 Å². The second-order valence-electron chi connectivity index (χ2n) is 5.15. The molecule has 4 heteroatoms. The molecule has 0 saturated heterocycles. The summed E-state index contributed by atoms with van der Waals surface area (Å²) in [5.74, 6) is -0.269. The molecule has 0 fully saturated rings. The maximum Gasteiger partial charge on any atom is 0.303 e. The first kappa shape index (κ1) is 15.9. The molecule has 0 aliphatic rings. The molecule has 0 rings (SSSR count). The molecular formula is C13H25NO3. The van der Waals surface area contributed by atoms with Crippen LogP contribution in [0.3, 0.4) is 0 Å². The maximum absolute atomic E-state index is 11.4. The lowest BCUT2D eigenvalue weighted by Crippen LogP contribution is -2.26. The molecule has 2 N–H and O–H groups in total. The van der Waals surface area contributed by atoms with E-state index in [1.807, 2.05) is 0 Å². The zero-order valence-electron chi connectivity index (χ0n) is 11.2. The average molecular weight is 243 g/mol. The van der Waals surface area contributed by atoms with Gasteiger partial charge >= 0.3 is 5.97 Å². The van der Waals surface area contributed by atoms with Crippen LogP contribution in [0.2, 0.25) is 0 Å². The predicted octanol–water partition coefficient (Wildman–Crippen LogP) is 2.43. The Bertz CT molecular complexity index is 239. The van der Waals surface area contributed by atoms with Crippen LogP contribution in [-0.2, 0) is 9.59 Å². The minimum atomic E-state index is -0.845. The van der Waals surface area contributed by atoms with Gasteiger partial charge in [0.05, 0.1) is 0 Å². The normalized spacial score (nSPS) is 12.5. The number of carbonyl (C=O) groups is 2. The van der Waals surface area contributed by atoms with Crippen LogP contribution in [-0.4, -0.2) is 23.5 Å². The van der Waals surface area contributed by atoms with E-state index >= 15 is 0 Å². The Morgan fingerprint density at radius 2 is 1.76 bits per heavy atom. The molecule has 1 amide bonds. The zero-order chi connectivity index (χ0) is 13.3. The number of aliphatic carboxylic acids is 1. The van der Waals surface area contributed by atoms with Gasteiger partial charge < -0.3 is 10.4 Å². The Balaban J connectivity index is 3.49. The van der Waals surface area contributed by atoms with Crippen LogP contribution < -0.4 is 5.32 Å². The van der Waals surface area contributed by atoms with Gasteiger partial charge in [-0.25, -0.2) is 0 Å². The third-order valence-corrected chi connectivity index (χ3v) is 2.59. The Kier molecular flexibility index (Phi) is 8.46. The van der Waals surface area contributed by atoms with E-state index in [4.69, 9.17) is 5.11 Å². The average Bonchev–Trinajstić information content (AvgIpc) is 2.14. The van der Waals surface area contributed by atoms with Crippen molar-refractivity contribution in [3.8, 4) is 0 Å². The van der Waals surface area contributed by atoms with Crippen molar-refractivity contribution in [2.75, 3.05) is 6.54 Å². The van der Waals surface area contributed by atoms with Crippen molar-refractivity contribution in [2.24, 2.45) is 11.8 Å². The summed E-state index contributed by atoms with van der Waals surface area (Å²) in [5.41, 5.74) is 0. The molecule has 4 nitrogen and oxygen atoms in total. The van der Waals surface area contributed by atoms with Crippen LogP contribution in [0, 0.1) is 11.8 Å². The predicted molar refractivity (Wildman–Crippen MR) is 67.7 cm³/mol. The summed E-state index contributed by atoms with van der Waals surface area (Å²) in [6, 6.07) is 0. The van der Waals surface area contributed by atoms with Crippen LogP contribution in [0.4, 0.5) is 0 Å². The molecule has 1 unspecified atom stereocenters. The summed E-state index contributed by atoms with van der Waals surface area (Å²) in [5, 5.41) is 11.4. The minimum absolute atomic E-state index is 0.0386. The fraction of sp³-hybridized carbons (Fsp3) is 0.846. The van der Waals surface area contributed by atoms with Gasteiger partial charge in [-0.05, 0) is 18.3 Å². The molecular weight excluding hydrogens is 218 g/mol. The number of carboxylic acids is 1. The van der Waals surface area contributed by atoms with Crippen LogP contribution in [0.25, 0.3) is 0 Å². The highest BCUT2D eigenvalue weighted by atomic mass is 16.4. The molecule has 0 spiro atoms. The highest BCUT2D eigenvalue weighted by Crippen LogP contribution is 2.07. The van der Waals surface area contributed by atoms with Gasteiger partial charge in [0.15, 0.2) is 0 Å². The number of carboxylic acid groups (broad SMARTS) is 1. The topological polar surface area (TPSA) is 66.4 Å².